The number of rotatable bonds is 5. The highest BCUT2D eigenvalue weighted by Crippen LogP contribution is 2.27. The summed E-state index contributed by atoms with van der Waals surface area (Å²) >= 11 is 8.88. The van der Waals surface area contributed by atoms with E-state index in [-0.39, 0.29) is 5.56 Å². The van der Waals surface area contributed by atoms with Crippen molar-refractivity contribution in [2.45, 2.75) is 10.1 Å². The number of halogens is 1. The van der Waals surface area contributed by atoms with E-state index in [1.807, 2.05) is 42.5 Å². The van der Waals surface area contributed by atoms with Crippen LogP contribution in [0.4, 0.5) is 0 Å². The van der Waals surface area contributed by atoms with E-state index in [2.05, 4.69) is 15.1 Å². The largest absolute Gasteiger partial charge is 0.275 e. The van der Waals surface area contributed by atoms with E-state index in [4.69, 9.17) is 11.6 Å². The number of hydrogen-bond acceptors (Lipinski definition) is 6. The third-order valence-electron chi connectivity index (χ3n) is 3.65. The fourth-order valence-electron chi connectivity index (χ4n) is 2.34. The van der Waals surface area contributed by atoms with Crippen molar-refractivity contribution in [3.05, 3.63) is 87.1 Å². The standard InChI is InChI=1S/C19H13ClN4OS2/c20-15-6-3-14(4-7-15)12-26-19-23-24-17(25)10-16(22-18(24)27-19)8-5-13-2-1-9-21-11-13/h1-11H,12H2/b8-5+. The second-order valence-electron chi connectivity index (χ2n) is 5.62. The first kappa shape index (κ1) is 17.9. The molecule has 134 valence electrons. The molecule has 0 N–H and O–H groups in total. The van der Waals surface area contributed by atoms with Crippen LogP contribution in [0, 0.1) is 0 Å². The lowest BCUT2D eigenvalue weighted by atomic mass is 10.2. The van der Waals surface area contributed by atoms with Crippen molar-refractivity contribution >= 4 is 51.8 Å². The van der Waals surface area contributed by atoms with E-state index in [1.165, 1.54) is 21.9 Å². The van der Waals surface area contributed by atoms with Gasteiger partial charge in [0, 0.05) is 29.2 Å². The van der Waals surface area contributed by atoms with Crippen molar-refractivity contribution in [2.75, 3.05) is 0 Å². The van der Waals surface area contributed by atoms with E-state index in [1.54, 1.807) is 30.2 Å². The molecule has 27 heavy (non-hydrogen) atoms. The monoisotopic (exact) mass is 412 g/mol. The maximum Gasteiger partial charge on any atom is 0.275 e. The summed E-state index contributed by atoms with van der Waals surface area (Å²) in [6.45, 7) is 0. The first-order chi connectivity index (χ1) is 13.2. The molecule has 0 atom stereocenters. The first-order valence-electron chi connectivity index (χ1n) is 8.04. The van der Waals surface area contributed by atoms with Crippen molar-refractivity contribution in [2.24, 2.45) is 0 Å². The predicted molar refractivity (Wildman–Crippen MR) is 111 cm³/mol. The van der Waals surface area contributed by atoms with Crippen LogP contribution in [0.15, 0.2) is 64.0 Å². The Balaban J connectivity index is 1.55. The topological polar surface area (TPSA) is 60.2 Å². The van der Waals surface area contributed by atoms with E-state index < -0.39 is 0 Å². The van der Waals surface area contributed by atoms with Crippen molar-refractivity contribution in [3.8, 4) is 0 Å². The zero-order valence-electron chi connectivity index (χ0n) is 13.9. The molecule has 8 heteroatoms. The molecule has 0 radical (unpaired) electrons. The van der Waals surface area contributed by atoms with Gasteiger partial charge in [-0.05, 0) is 35.4 Å². The summed E-state index contributed by atoms with van der Waals surface area (Å²) in [6.07, 6.45) is 7.15. The molecule has 5 nitrogen and oxygen atoms in total. The van der Waals surface area contributed by atoms with Gasteiger partial charge >= 0.3 is 0 Å². The Morgan fingerprint density at radius 1 is 1.19 bits per heavy atom. The van der Waals surface area contributed by atoms with Gasteiger partial charge in [-0.1, -0.05) is 59.0 Å². The van der Waals surface area contributed by atoms with Gasteiger partial charge in [-0.25, -0.2) is 4.98 Å². The molecule has 3 heterocycles. The highest BCUT2D eigenvalue weighted by atomic mass is 35.5. The van der Waals surface area contributed by atoms with Crippen molar-refractivity contribution in [3.63, 3.8) is 0 Å². The summed E-state index contributed by atoms with van der Waals surface area (Å²) < 4.78 is 2.14. The predicted octanol–water partition coefficient (Wildman–Crippen LogP) is 4.66. The van der Waals surface area contributed by atoms with Crippen LogP contribution in [0.2, 0.25) is 5.02 Å². The van der Waals surface area contributed by atoms with Crippen LogP contribution < -0.4 is 5.56 Å². The lowest BCUT2D eigenvalue weighted by molar-refractivity contribution is 0.855. The molecular formula is C19H13ClN4OS2. The highest BCUT2D eigenvalue weighted by molar-refractivity contribution is 8.00. The summed E-state index contributed by atoms with van der Waals surface area (Å²) in [5.41, 5.74) is 2.49. The number of hydrogen-bond donors (Lipinski definition) is 0. The molecule has 0 aliphatic rings. The minimum absolute atomic E-state index is 0.194. The summed E-state index contributed by atoms with van der Waals surface area (Å²) in [5, 5.41) is 5.08. The smallest absolute Gasteiger partial charge is 0.267 e. The van der Waals surface area contributed by atoms with Gasteiger partial charge in [0.25, 0.3) is 5.56 Å². The fourth-order valence-corrected chi connectivity index (χ4v) is 4.37. The van der Waals surface area contributed by atoms with Crippen LogP contribution in [0.5, 0.6) is 0 Å². The Labute approximate surface area is 168 Å². The van der Waals surface area contributed by atoms with Crippen LogP contribution >= 0.6 is 34.7 Å². The maximum atomic E-state index is 12.3. The molecule has 0 saturated carbocycles. The fraction of sp³-hybridized carbons (Fsp3) is 0.0526. The van der Waals surface area contributed by atoms with Gasteiger partial charge in [0.05, 0.1) is 5.69 Å². The molecule has 4 rings (SSSR count). The molecule has 1 aromatic carbocycles. The van der Waals surface area contributed by atoms with Crippen molar-refractivity contribution in [1.82, 2.24) is 19.6 Å². The number of fused-ring (bicyclic) bond motifs is 1. The second-order valence-corrected chi connectivity index (χ2v) is 8.23. The average Bonchev–Trinajstić information content (AvgIpc) is 3.10. The van der Waals surface area contributed by atoms with Gasteiger partial charge in [-0.15, -0.1) is 5.10 Å². The molecule has 0 aliphatic heterocycles. The Hall–Kier alpha value is -2.48. The van der Waals surface area contributed by atoms with Gasteiger partial charge in [-0.2, -0.15) is 4.52 Å². The van der Waals surface area contributed by atoms with Gasteiger partial charge in [0.2, 0.25) is 4.96 Å². The molecular weight excluding hydrogens is 400 g/mol. The number of aromatic nitrogens is 4. The zero-order valence-corrected chi connectivity index (χ0v) is 16.3. The normalized spacial score (nSPS) is 11.4. The van der Waals surface area contributed by atoms with Gasteiger partial charge < -0.3 is 0 Å². The molecule has 0 bridgehead atoms. The molecule has 0 spiro atoms. The molecule has 0 amide bonds. The van der Waals surface area contributed by atoms with Crippen molar-refractivity contribution < 1.29 is 0 Å². The average molecular weight is 413 g/mol. The Bertz CT molecular complexity index is 1150. The highest BCUT2D eigenvalue weighted by Gasteiger charge is 2.09. The first-order valence-corrected chi connectivity index (χ1v) is 10.2. The summed E-state index contributed by atoms with van der Waals surface area (Å²) in [6, 6.07) is 13.0. The minimum Gasteiger partial charge on any atom is -0.267 e. The number of thioether (sulfide) groups is 1. The summed E-state index contributed by atoms with van der Waals surface area (Å²) in [7, 11) is 0. The lowest BCUT2D eigenvalue weighted by Crippen LogP contribution is -2.14. The molecule has 3 aromatic heterocycles. The number of pyridine rings is 1. The van der Waals surface area contributed by atoms with Gasteiger partial charge in [-0.3, -0.25) is 9.78 Å². The second kappa shape index (κ2) is 8.04. The van der Waals surface area contributed by atoms with Crippen LogP contribution in [0.1, 0.15) is 16.8 Å². The quantitative estimate of drug-likeness (QED) is 0.446. The molecule has 0 fully saturated rings. The summed E-state index contributed by atoms with van der Waals surface area (Å²) in [5.74, 6) is 0.750. The van der Waals surface area contributed by atoms with Crippen LogP contribution in [-0.2, 0) is 5.75 Å². The summed E-state index contributed by atoms with van der Waals surface area (Å²) in [4.78, 5) is 21.5. The Morgan fingerprint density at radius 2 is 2.04 bits per heavy atom. The van der Waals surface area contributed by atoms with E-state index in [0.717, 1.165) is 21.2 Å². The number of benzene rings is 1. The Kier molecular flexibility index (Phi) is 5.33. The van der Waals surface area contributed by atoms with Crippen LogP contribution in [0.3, 0.4) is 0 Å². The molecule has 0 saturated heterocycles. The number of nitrogens with zero attached hydrogens (tertiary/aromatic N) is 4. The van der Waals surface area contributed by atoms with E-state index in [0.29, 0.717) is 15.7 Å². The zero-order chi connectivity index (χ0) is 18.6. The van der Waals surface area contributed by atoms with E-state index in [9.17, 15) is 4.79 Å². The van der Waals surface area contributed by atoms with Crippen molar-refractivity contribution in [1.29, 1.82) is 0 Å². The third-order valence-corrected chi connectivity index (χ3v) is 6.02. The lowest BCUT2D eigenvalue weighted by Gasteiger charge is -1.98. The van der Waals surface area contributed by atoms with Gasteiger partial charge in [0.15, 0.2) is 4.34 Å². The van der Waals surface area contributed by atoms with Crippen LogP contribution in [-0.4, -0.2) is 19.6 Å². The third kappa shape index (κ3) is 4.44. The molecule has 0 unspecified atom stereocenters. The van der Waals surface area contributed by atoms with E-state index >= 15 is 0 Å². The molecule has 4 aromatic rings. The van der Waals surface area contributed by atoms with Crippen LogP contribution in [0.25, 0.3) is 17.1 Å². The SMILES string of the molecule is O=c1cc(/C=C/c2cccnc2)nc2sc(SCc3ccc(Cl)cc3)nn12. The minimum atomic E-state index is -0.194. The Morgan fingerprint density at radius 3 is 2.81 bits per heavy atom. The molecule has 0 aliphatic carbocycles. The maximum absolute atomic E-state index is 12.3. The van der Waals surface area contributed by atoms with Gasteiger partial charge in [0.1, 0.15) is 0 Å².